The van der Waals surface area contributed by atoms with E-state index in [-0.39, 0.29) is 11.8 Å². The van der Waals surface area contributed by atoms with Gasteiger partial charge in [0.05, 0.1) is 11.4 Å². The van der Waals surface area contributed by atoms with Crippen molar-refractivity contribution in [2.75, 3.05) is 24.7 Å². The fraction of sp³-hybridized carbons (Fsp3) is 0.500. The highest BCUT2D eigenvalue weighted by atomic mass is 35.5. The van der Waals surface area contributed by atoms with Crippen LogP contribution in [0, 0.1) is 0 Å². The maximum absolute atomic E-state index is 12.0. The number of nitrogens with zero attached hydrogens (tertiary/aromatic N) is 1. The Bertz CT molecular complexity index is 556. The predicted molar refractivity (Wildman–Crippen MR) is 89.3 cm³/mol. The summed E-state index contributed by atoms with van der Waals surface area (Å²) < 4.78 is 0. The highest BCUT2D eigenvalue weighted by molar-refractivity contribution is 6.31. The van der Waals surface area contributed by atoms with Gasteiger partial charge < -0.3 is 15.5 Å². The van der Waals surface area contributed by atoms with E-state index in [1.54, 1.807) is 26.2 Å². The zero-order valence-corrected chi connectivity index (χ0v) is 13.7. The van der Waals surface area contributed by atoms with Crippen molar-refractivity contribution in [3.8, 4) is 0 Å². The van der Waals surface area contributed by atoms with E-state index in [2.05, 4.69) is 10.6 Å². The molecule has 2 rings (SSSR count). The Morgan fingerprint density at radius 2 is 1.95 bits per heavy atom. The summed E-state index contributed by atoms with van der Waals surface area (Å²) >= 11 is 6.00. The second-order valence-corrected chi connectivity index (χ2v) is 6.23. The number of carbonyl (C=O) groups excluding carboxylic acids is 2. The number of rotatable bonds is 7. The molecule has 1 saturated carbocycles. The van der Waals surface area contributed by atoms with Crippen molar-refractivity contribution >= 4 is 34.8 Å². The van der Waals surface area contributed by atoms with Crippen LogP contribution < -0.4 is 10.6 Å². The number of amides is 2. The first-order chi connectivity index (χ1) is 10.5. The van der Waals surface area contributed by atoms with Gasteiger partial charge in [-0.15, -0.1) is 0 Å². The van der Waals surface area contributed by atoms with E-state index in [1.165, 1.54) is 4.90 Å². The molecule has 0 aliphatic heterocycles. The van der Waals surface area contributed by atoms with Gasteiger partial charge in [-0.1, -0.05) is 11.6 Å². The minimum Gasteiger partial charge on any atom is -0.381 e. The summed E-state index contributed by atoms with van der Waals surface area (Å²) in [6.07, 6.45) is 3.54. The van der Waals surface area contributed by atoms with Gasteiger partial charge in [-0.2, -0.15) is 0 Å². The van der Waals surface area contributed by atoms with Crippen LogP contribution in [0.4, 0.5) is 11.4 Å². The average molecular weight is 324 g/mol. The van der Waals surface area contributed by atoms with Gasteiger partial charge >= 0.3 is 0 Å². The molecule has 22 heavy (non-hydrogen) atoms. The van der Waals surface area contributed by atoms with Gasteiger partial charge in [-0.05, 0) is 37.5 Å². The van der Waals surface area contributed by atoms with Gasteiger partial charge in [0, 0.05) is 38.0 Å². The first-order valence-corrected chi connectivity index (χ1v) is 7.89. The van der Waals surface area contributed by atoms with Crippen molar-refractivity contribution in [1.29, 1.82) is 0 Å². The third-order valence-electron chi connectivity index (χ3n) is 3.49. The first-order valence-electron chi connectivity index (χ1n) is 7.52. The third-order valence-corrected chi connectivity index (χ3v) is 3.72. The van der Waals surface area contributed by atoms with Crippen molar-refractivity contribution in [3.63, 3.8) is 0 Å². The molecule has 5 nitrogen and oxygen atoms in total. The molecule has 0 saturated heterocycles. The van der Waals surface area contributed by atoms with Crippen LogP contribution >= 0.6 is 11.6 Å². The Balaban J connectivity index is 1.87. The minimum absolute atomic E-state index is 0.0339. The van der Waals surface area contributed by atoms with Crippen LogP contribution in [0.25, 0.3) is 0 Å². The Kier molecular flexibility index (Phi) is 5.66. The maximum Gasteiger partial charge on any atom is 0.224 e. The number of halogens is 1. The zero-order valence-electron chi connectivity index (χ0n) is 13.0. The molecule has 2 amide bonds. The number of anilines is 2. The number of carbonyl (C=O) groups is 2. The molecule has 0 spiro atoms. The molecule has 1 aliphatic rings. The molecule has 120 valence electrons. The van der Waals surface area contributed by atoms with Crippen LogP contribution in [-0.2, 0) is 9.59 Å². The van der Waals surface area contributed by atoms with Crippen LogP contribution in [0.1, 0.15) is 32.1 Å². The number of hydrogen-bond donors (Lipinski definition) is 2. The predicted octanol–water partition coefficient (Wildman–Crippen LogP) is 3.11. The fourth-order valence-electron chi connectivity index (χ4n) is 2.03. The Morgan fingerprint density at radius 1 is 1.23 bits per heavy atom. The highest BCUT2D eigenvalue weighted by Crippen LogP contribution is 2.31. The fourth-order valence-corrected chi connectivity index (χ4v) is 2.20. The van der Waals surface area contributed by atoms with E-state index >= 15 is 0 Å². The molecule has 1 fully saturated rings. The maximum atomic E-state index is 12.0. The minimum atomic E-state index is -0.104. The van der Waals surface area contributed by atoms with Gasteiger partial charge in [-0.25, -0.2) is 0 Å². The lowest BCUT2D eigenvalue weighted by molar-refractivity contribution is -0.128. The van der Waals surface area contributed by atoms with Crippen molar-refractivity contribution in [1.82, 2.24) is 4.90 Å². The largest absolute Gasteiger partial charge is 0.381 e. The number of hydrogen-bond acceptors (Lipinski definition) is 3. The van der Waals surface area contributed by atoms with Gasteiger partial charge in [0.2, 0.25) is 11.8 Å². The summed E-state index contributed by atoms with van der Waals surface area (Å²) in [7, 11) is 3.42. The number of benzene rings is 1. The van der Waals surface area contributed by atoms with Gasteiger partial charge in [0.25, 0.3) is 0 Å². The Morgan fingerprint density at radius 3 is 2.59 bits per heavy atom. The molecule has 0 aromatic heterocycles. The summed E-state index contributed by atoms with van der Waals surface area (Å²) in [5.41, 5.74) is 1.59. The molecule has 0 atom stereocenters. The molecule has 1 aromatic carbocycles. The van der Waals surface area contributed by atoms with Crippen LogP contribution in [0.5, 0.6) is 0 Å². The van der Waals surface area contributed by atoms with Gasteiger partial charge in [-0.3, -0.25) is 9.59 Å². The summed E-state index contributed by atoms with van der Waals surface area (Å²) in [5, 5.41) is 6.83. The summed E-state index contributed by atoms with van der Waals surface area (Å²) in [4.78, 5) is 25.0. The zero-order chi connectivity index (χ0) is 16.1. The summed E-state index contributed by atoms with van der Waals surface area (Å²) in [6.45, 7) is 0. The molecule has 2 N–H and O–H groups in total. The first kappa shape index (κ1) is 16.6. The summed E-state index contributed by atoms with van der Waals surface area (Å²) in [6, 6.07) is 5.92. The van der Waals surface area contributed by atoms with Gasteiger partial charge in [0.1, 0.15) is 0 Å². The summed E-state index contributed by atoms with van der Waals surface area (Å²) in [5.74, 6) is -0.0701. The van der Waals surface area contributed by atoms with E-state index in [1.807, 2.05) is 6.07 Å². The molecule has 6 heteroatoms. The standard InChI is InChI=1S/C16H22ClN3O2/c1-20(2)16(22)5-3-4-15(21)19-14-10-11(17)6-9-13(14)18-12-7-8-12/h6,9-10,12,18H,3-5,7-8H2,1-2H3,(H,19,21). The molecule has 0 unspecified atom stereocenters. The second kappa shape index (κ2) is 7.49. The van der Waals surface area contributed by atoms with E-state index in [0.29, 0.717) is 36.0 Å². The molecule has 0 radical (unpaired) electrons. The van der Waals surface area contributed by atoms with E-state index < -0.39 is 0 Å². The smallest absolute Gasteiger partial charge is 0.224 e. The second-order valence-electron chi connectivity index (χ2n) is 5.80. The Hall–Kier alpha value is -1.75. The van der Waals surface area contributed by atoms with E-state index in [0.717, 1.165) is 18.5 Å². The lowest BCUT2D eigenvalue weighted by Gasteiger charge is -2.13. The Labute approximate surface area is 136 Å². The number of nitrogens with one attached hydrogen (secondary N) is 2. The van der Waals surface area contributed by atoms with Crippen LogP contribution in [0.2, 0.25) is 5.02 Å². The van der Waals surface area contributed by atoms with Crippen LogP contribution in [0.3, 0.4) is 0 Å². The molecule has 1 aromatic rings. The normalized spacial score (nSPS) is 13.6. The van der Waals surface area contributed by atoms with E-state index in [4.69, 9.17) is 11.6 Å². The third kappa shape index (κ3) is 5.22. The average Bonchev–Trinajstić information content (AvgIpc) is 3.25. The molecule has 0 bridgehead atoms. The van der Waals surface area contributed by atoms with Gasteiger partial charge in [0.15, 0.2) is 0 Å². The van der Waals surface area contributed by atoms with Crippen LogP contribution in [-0.4, -0.2) is 36.9 Å². The monoisotopic (exact) mass is 323 g/mol. The molecule has 0 heterocycles. The lowest BCUT2D eigenvalue weighted by atomic mass is 10.2. The lowest BCUT2D eigenvalue weighted by Crippen LogP contribution is -2.22. The highest BCUT2D eigenvalue weighted by Gasteiger charge is 2.22. The van der Waals surface area contributed by atoms with Crippen molar-refractivity contribution in [2.45, 2.75) is 38.1 Å². The molecule has 1 aliphatic carbocycles. The van der Waals surface area contributed by atoms with Crippen LogP contribution in [0.15, 0.2) is 18.2 Å². The molecular weight excluding hydrogens is 302 g/mol. The molecular formula is C16H22ClN3O2. The SMILES string of the molecule is CN(C)C(=O)CCCC(=O)Nc1cc(Cl)ccc1NC1CC1. The van der Waals surface area contributed by atoms with Crippen molar-refractivity contribution in [3.05, 3.63) is 23.2 Å². The quantitative estimate of drug-likeness (QED) is 0.810. The van der Waals surface area contributed by atoms with Crippen molar-refractivity contribution < 1.29 is 9.59 Å². The van der Waals surface area contributed by atoms with E-state index in [9.17, 15) is 9.59 Å². The topological polar surface area (TPSA) is 61.4 Å². The van der Waals surface area contributed by atoms with Crippen molar-refractivity contribution in [2.24, 2.45) is 0 Å².